The molecule has 0 aromatic carbocycles. The monoisotopic (exact) mass is 253 g/mol. The molecule has 2 amide bonds. The summed E-state index contributed by atoms with van der Waals surface area (Å²) >= 11 is 0. The summed E-state index contributed by atoms with van der Waals surface area (Å²) in [4.78, 5) is 25.4. The predicted octanol–water partition coefficient (Wildman–Crippen LogP) is 0.113. The summed E-state index contributed by atoms with van der Waals surface area (Å²) in [7, 11) is 0. The van der Waals surface area contributed by atoms with Gasteiger partial charge in [-0.25, -0.2) is 0 Å². The third kappa shape index (κ3) is 3.22. The van der Waals surface area contributed by atoms with Gasteiger partial charge in [0, 0.05) is 19.5 Å². The van der Waals surface area contributed by atoms with Crippen LogP contribution in [0.2, 0.25) is 0 Å². The fraction of sp³-hybridized carbons (Fsp3) is 0.846. The van der Waals surface area contributed by atoms with Gasteiger partial charge in [0.2, 0.25) is 11.8 Å². The maximum atomic E-state index is 12.3. The third-order valence-corrected chi connectivity index (χ3v) is 3.86. The normalized spacial score (nSPS) is 27.9. The zero-order valence-electron chi connectivity index (χ0n) is 11.1. The van der Waals surface area contributed by atoms with Crippen molar-refractivity contribution in [1.82, 2.24) is 15.5 Å². The summed E-state index contributed by atoms with van der Waals surface area (Å²) < 4.78 is 0. The molecule has 2 N–H and O–H groups in total. The van der Waals surface area contributed by atoms with Crippen molar-refractivity contribution >= 4 is 11.8 Å². The number of hydrogen-bond acceptors (Lipinski definition) is 3. The molecule has 0 aromatic rings. The van der Waals surface area contributed by atoms with Gasteiger partial charge >= 0.3 is 0 Å². The van der Waals surface area contributed by atoms with Gasteiger partial charge in [0.1, 0.15) is 6.04 Å². The molecular formula is C13H23N3O2. The Labute approximate surface area is 108 Å². The van der Waals surface area contributed by atoms with E-state index in [1.807, 2.05) is 11.8 Å². The van der Waals surface area contributed by atoms with E-state index in [-0.39, 0.29) is 17.9 Å². The average molecular weight is 253 g/mol. The molecule has 0 saturated carbocycles. The highest BCUT2D eigenvalue weighted by Crippen LogP contribution is 2.15. The van der Waals surface area contributed by atoms with E-state index in [2.05, 4.69) is 10.6 Å². The van der Waals surface area contributed by atoms with E-state index < -0.39 is 0 Å². The quantitative estimate of drug-likeness (QED) is 0.748. The highest BCUT2D eigenvalue weighted by Gasteiger charge is 2.31. The Morgan fingerprint density at radius 1 is 1.44 bits per heavy atom. The fourth-order valence-electron chi connectivity index (χ4n) is 2.79. The van der Waals surface area contributed by atoms with Crippen molar-refractivity contribution in [1.29, 1.82) is 0 Å². The summed E-state index contributed by atoms with van der Waals surface area (Å²) in [6.45, 7) is 5.64. The number of piperidine rings is 1. The van der Waals surface area contributed by atoms with E-state index in [0.29, 0.717) is 18.8 Å². The minimum Gasteiger partial charge on any atom is -0.344 e. The lowest BCUT2D eigenvalue weighted by Gasteiger charge is -2.31. The van der Waals surface area contributed by atoms with Gasteiger partial charge in [0.25, 0.3) is 0 Å². The molecule has 5 nitrogen and oxygen atoms in total. The Kier molecular flexibility index (Phi) is 4.58. The molecule has 0 aromatic heterocycles. The number of hydrogen-bond donors (Lipinski definition) is 2. The van der Waals surface area contributed by atoms with Gasteiger partial charge in [-0.05, 0) is 45.2 Å². The molecule has 18 heavy (non-hydrogen) atoms. The molecule has 2 rings (SSSR count). The maximum Gasteiger partial charge on any atom is 0.245 e. The first kappa shape index (κ1) is 13.3. The lowest BCUT2D eigenvalue weighted by Crippen LogP contribution is -2.47. The Bertz CT molecular complexity index is 313. The van der Waals surface area contributed by atoms with Crippen molar-refractivity contribution in [3.8, 4) is 0 Å². The summed E-state index contributed by atoms with van der Waals surface area (Å²) in [5.74, 6) is 0.650. The first-order chi connectivity index (χ1) is 8.70. The second-order valence-corrected chi connectivity index (χ2v) is 5.25. The van der Waals surface area contributed by atoms with Crippen LogP contribution in [0.5, 0.6) is 0 Å². The van der Waals surface area contributed by atoms with Gasteiger partial charge in [-0.15, -0.1) is 0 Å². The van der Waals surface area contributed by atoms with Crippen LogP contribution < -0.4 is 10.6 Å². The molecule has 0 aliphatic carbocycles. The molecule has 2 aliphatic rings. The molecule has 2 fully saturated rings. The second kappa shape index (κ2) is 6.18. The molecule has 2 atom stereocenters. The van der Waals surface area contributed by atoms with Crippen LogP contribution in [0.3, 0.4) is 0 Å². The van der Waals surface area contributed by atoms with Crippen LogP contribution in [-0.4, -0.2) is 48.9 Å². The minimum absolute atomic E-state index is 0.00346. The molecule has 2 saturated heterocycles. The smallest absolute Gasteiger partial charge is 0.245 e. The van der Waals surface area contributed by atoms with Gasteiger partial charge in [0.15, 0.2) is 0 Å². The highest BCUT2D eigenvalue weighted by atomic mass is 16.2. The molecule has 0 bridgehead atoms. The molecule has 2 heterocycles. The molecule has 5 heteroatoms. The van der Waals surface area contributed by atoms with Crippen molar-refractivity contribution in [2.75, 3.05) is 26.2 Å². The van der Waals surface area contributed by atoms with Crippen molar-refractivity contribution < 1.29 is 9.59 Å². The van der Waals surface area contributed by atoms with Gasteiger partial charge in [-0.2, -0.15) is 0 Å². The van der Waals surface area contributed by atoms with Gasteiger partial charge in [-0.1, -0.05) is 0 Å². The number of carbonyl (C=O) groups is 2. The zero-order valence-corrected chi connectivity index (χ0v) is 11.1. The number of nitrogens with zero attached hydrogens (tertiary/aromatic N) is 1. The van der Waals surface area contributed by atoms with Crippen LogP contribution in [0.4, 0.5) is 0 Å². The first-order valence-electron chi connectivity index (χ1n) is 6.99. The average Bonchev–Trinajstić information content (AvgIpc) is 2.83. The van der Waals surface area contributed by atoms with Crippen molar-refractivity contribution in [3.05, 3.63) is 0 Å². The lowest BCUT2D eigenvalue weighted by atomic mass is 9.98. The number of rotatable bonds is 4. The summed E-state index contributed by atoms with van der Waals surface area (Å²) in [6, 6.07) is -0.283. The summed E-state index contributed by atoms with van der Waals surface area (Å²) in [5.41, 5.74) is 0. The number of carbonyl (C=O) groups excluding carboxylic acids is 2. The maximum absolute atomic E-state index is 12.3. The molecule has 2 aliphatic heterocycles. The van der Waals surface area contributed by atoms with Gasteiger partial charge in [0.05, 0.1) is 0 Å². The van der Waals surface area contributed by atoms with Crippen LogP contribution in [0.25, 0.3) is 0 Å². The second-order valence-electron chi connectivity index (χ2n) is 5.25. The van der Waals surface area contributed by atoms with Crippen LogP contribution in [0.15, 0.2) is 0 Å². The standard InChI is InChI=1S/C13H23N3O2/c1-2-16(9-10-4-3-7-14-8-10)13(18)11-5-6-12(17)15-11/h10-11,14H,2-9H2,1H3,(H,15,17)/t10?,11-/m1/s1. The largest absolute Gasteiger partial charge is 0.344 e. The zero-order chi connectivity index (χ0) is 13.0. The van der Waals surface area contributed by atoms with Crippen molar-refractivity contribution in [3.63, 3.8) is 0 Å². The van der Waals surface area contributed by atoms with E-state index in [4.69, 9.17) is 0 Å². The van der Waals surface area contributed by atoms with E-state index in [0.717, 1.165) is 26.2 Å². The number of likely N-dealkylation sites (N-methyl/N-ethyl adjacent to an activating group) is 1. The van der Waals surface area contributed by atoms with Gasteiger partial charge in [-0.3, -0.25) is 9.59 Å². The lowest BCUT2D eigenvalue weighted by molar-refractivity contribution is -0.134. The molecule has 0 spiro atoms. The van der Waals surface area contributed by atoms with Crippen molar-refractivity contribution in [2.24, 2.45) is 5.92 Å². The highest BCUT2D eigenvalue weighted by molar-refractivity contribution is 5.90. The number of nitrogens with one attached hydrogen (secondary N) is 2. The van der Waals surface area contributed by atoms with Crippen LogP contribution >= 0.6 is 0 Å². The topological polar surface area (TPSA) is 61.4 Å². The fourth-order valence-corrected chi connectivity index (χ4v) is 2.79. The van der Waals surface area contributed by atoms with E-state index in [1.54, 1.807) is 0 Å². The van der Waals surface area contributed by atoms with Crippen LogP contribution in [-0.2, 0) is 9.59 Å². The molecule has 0 radical (unpaired) electrons. The van der Waals surface area contributed by atoms with Crippen LogP contribution in [0, 0.1) is 5.92 Å². The molecule has 1 unspecified atom stereocenters. The first-order valence-corrected chi connectivity index (χ1v) is 6.99. The van der Waals surface area contributed by atoms with Gasteiger partial charge < -0.3 is 15.5 Å². The van der Waals surface area contributed by atoms with E-state index in [9.17, 15) is 9.59 Å². The van der Waals surface area contributed by atoms with Crippen molar-refractivity contribution in [2.45, 2.75) is 38.6 Å². The molecular weight excluding hydrogens is 230 g/mol. The Morgan fingerprint density at radius 3 is 2.83 bits per heavy atom. The minimum atomic E-state index is -0.283. The third-order valence-electron chi connectivity index (χ3n) is 3.86. The summed E-state index contributed by atoms with van der Waals surface area (Å²) in [5, 5.41) is 6.13. The Balaban J connectivity index is 1.86. The number of amides is 2. The van der Waals surface area contributed by atoms with Crippen LogP contribution in [0.1, 0.15) is 32.6 Å². The van der Waals surface area contributed by atoms with E-state index >= 15 is 0 Å². The SMILES string of the molecule is CCN(CC1CCCNC1)C(=O)[C@H]1CCC(=O)N1. The predicted molar refractivity (Wildman–Crippen MR) is 69.0 cm³/mol. The van der Waals surface area contributed by atoms with E-state index in [1.165, 1.54) is 12.8 Å². The Morgan fingerprint density at radius 2 is 2.28 bits per heavy atom. The molecule has 102 valence electrons. The summed E-state index contributed by atoms with van der Waals surface area (Å²) in [6.07, 6.45) is 3.51. The Hall–Kier alpha value is -1.10.